The molecule has 0 amide bonds. The van der Waals surface area contributed by atoms with Crippen molar-refractivity contribution in [3.63, 3.8) is 0 Å². The summed E-state index contributed by atoms with van der Waals surface area (Å²) in [4.78, 5) is 44.2. The molecule has 0 aliphatic heterocycles. The molecular weight excluding hydrogens is 975 g/mol. The number of carbonyl (C=O) groups is 2. The van der Waals surface area contributed by atoms with Gasteiger partial charge in [-0.3, -0.25) is 38.2 Å². The number of nitrogens with one attached hydrogen (secondary N) is 3. The number of carboxylic acid groups (broad SMARTS) is 2. The van der Waals surface area contributed by atoms with Gasteiger partial charge in [-0.15, -0.1) is 10.2 Å². The summed E-state index contributed by atoms with van der Waals surface area (Å²) in [5, 5.41) is 47.6. The number of aliphatic hydroxyl groups is 1. The first kappa shape index (κ1) is 48.7. The molecule has 0 bridgehead atoms. The van der Waals surface area contributed by atoms with Crippen LogP contribution >= 0.6 is 0 Å². The van der Waals surface area contributed by atoms with E-state index in [-0.39, 0.29) is 33.8 Å². The maximum Gasteiger partial charge on any atom is 0.335 e. The Labute approximate surface area is 374 Å². The highest BCUT2D eigenvalue weighted by Gasteiger charge is 2.26. The molecule has 31 heteroatoms. The minimum atomic E-state index is -5.46. The molecule has 1 heterocycles. The van der Waals surface area contributed by atoms with E-state index in [1.807, 2.05) is 0 Å². The lowest BCUT2D eigenvalue weighted by Crippen LogP contribution is -2.37. The normalized spacial score (nSPS) is 13.7. The largest absolute Gasteiger partial charge is 0.505 e. The number of benzene rings is 5. The molecule has 67 heavy (non-hydrogen) atoms. The van der Waals surface area contributed by atoms with Gasteiger partial charge in [-0.2, -0.15) is 33.7 Å². The van der Waals surface area contributed by atoms with Crippen molar-refractivity contribution in [3.05, 3.63) is 118 Å². The highest BCUT2D eigenvalue weighted by molar-refractivity contribution is 7.86. The Balaban J connectivity index is 1.58. The lowest BCUT2D eigenvalue weighted by molar-refractivity contribution is 0.0696. The number of aliphatic hydroxyl groups excluding tert-OH is 1. The lowest BCUT2D eigenvalue weighted by Gasteiger charge is -2.12. The number of fused-ring (bicyclic) bond motifs is 1. The van der Waals surface area contributed by atoms with E-state index in [1.165, 1.54) is 24.3 Å². The zero-order valence-corrected chi connectivity index (χ0v) is 36.2. The summed E-state index contributed by atoms with van der Waals surface area (Å²) in [6.45, 7) is -0.573. The van der Waals surface area contributed by atoms with Crippen molar-refractivity contribution in [3.8, 4) is 5.75 Å². The van der Waals surface area contributed by atoms with Crippen molar-refractivity contribution in [2.24, 2.45) is 30.2 Å². The number of aromatic carboxylic acids is 2. The van der Waals surface area contributed by atoms with Gasteiger partial charge in [0.25, 0.3) is 40.5 Å². The van der Waals surface area contributed by atoms with E-state index in [0.717, 1.165) is 36.4 Å². The molecule has 5 aromatic carbocycles. The average Bonchev–Trinajstić information content (AvgIpc) is 3.21. The first-order valence-electron chi connectivity index (χ1n) is 17.9. The van der Waals surface area contributed by atoms with Gasteiger partial charge < -0.3 is 20.4 Å². The van der Waals surface area contributed by atoms with Gasteiger partial charge in [0.05, 0.1) is 50.8 Å². The first-order chi connectivity index (χ1) is 31.2. The zero-order valence-electron chi connectivity index (χ0n) is 33.0. The minimum absolute atomic E-state index is 0.0713. The van der Waals surface area contributed by atoms with Gasteiger partial charge in [0.2, 0.25) is 22.8 Å². The number of hydrogen-bond acceptors (Lipinski definition) is 17. The van der Waals surface area contributed by atoms with Crippen molar-refractivity contribution >= 4 is 97.5 Å². The topological polar surface area (TPSA) is 454 Å². The van der Waals surface area contributed by atoms with E-state index in [4.69, 9.17) is 0 Å². The number of phenolic OH excluding ortho intramolecular Hbond substituents is 1. The predicted octanol–water partition coefficient (Wildman–Crippen LogP) is 2.97. The molecule has 0 radical (unpaired) electrons. The predicted molar refractivity (Wildman–Crippen MR) is 228 cm³/mol. The van der Waals surface area contributed by atoms with Crippen molar-refractivity contribution in [1.29, 1.82) is 0 Å². The van der Waals surface area contributed by atoms with Crippen LogP contribution in [0.1, 0.15) is 26.3 Å². The van der Waals surface area contributed by atoms with Gasteiger partial charge in [0.1, 0.15) is 21.2 Å². The third-order valence-electron chi connectivity index (χ3n) is 8.64. The number of aliphatic imine (C=N–C) groups is 1. The number of azo groups is 1. The standard InChI is InChI=1S/C36H29N9O18S4/c46-30-28-18(13-23(65(55,56)57)16-25(28)40-31(47)17-4-2-1-3-5-17)14-27(67(61,62)63)29(30)45-44-24-15-21(6-7-26(24)66(58,59)60)38-35-41-34(37-8-9-64(52,53)54)42-36(43-35)39-22-11-19(32(48)49)10-20(12-22)33(50)51/h1-7,10-16,46H,8-9H2,(H,40,47)(H,48,49)(H,50,51)(H,52,53,54)(H,55,56,57)(H,58,59,60)(H,61,62,63)(H3,37,38,39,41,42,43). The van der Waals surface area contributed by atoms with Crippen LogP contribution < -0.4 is 16.9 Å². The SMILES string of the molecule is O=C(O)c1cc(N=c2[nH]c(=NCCS(=O)(=O)O)[nH]c(=Nc3ccc(S(=O)(=O)O)c(N=Nc4c(S(=O)(=O)O)cc5cc(S(=O)(=O)O)cc(N=C(O)c6ccccc6)c5c4O)c3)[nH]2)cc(C(=O)O)c1. The Bertz CT molecular complexity index is 3760. The van der Waals surface area contributed by atoms with Gasteiger partial charge >= 0.3 is 11.9 Å². The number of aromatic amines is 3. The van der Waals surface area contributed by atoms with E-state index in [0.29, 0.717) is 18.2 Å². The van der Waals surface area contributed by atoms with Crippen LogP contribution in [0.4, 0.5) is 28.4 Å². The Hall–Kier alpha value is -7.78. The fourth-order valence-electron chi connectivity index (χ4n) is 5.78. The summed E-state index contributed by atoms with van der Waals surface area (Å²) in [5.41, 5.74) is -5.06. The number of phenols is 1. The van der Waals surface area contributed by atoms with Gasteiger partial charge in [-0.1, -0.05) is 18.2 Å². The van der Waals surface area contributed by atoms with E-state index >= 15 is 0 Å². The molecular formula is C36H29N9O18S4. The molecule has 11 N–H and O–H groups in total. The Morgan fingerprint density at radius 2 is 1.15 bits per heavy atom. The quantitative estimate of drug-likeness (QED) is 0.0323. The van der Waals surface area contributed by atoms with E-state index in [9.17, 15) is 81.9 Å². The summed E-state index contributed by atoms with van der Waals surface area (Å²) in [6, 6.07) is 14.7. The second kappa shape index (κ2) is 18.6. The molecule has 6 rings (SSSR count). The van der Waals surface area contributed by atoms with Crippen LogP contribution in [0.5, 0.6) is 5.75 Å². The lowest BCUT2D eigenvalue weighted by atomic mass is 10.1. The number of aromatic nitrogens is 3. The van der Waals surface area contributed by atoms with Gasteiger partial charge in [-0.05, 0) is 72.1 Å². The first-order valence-corrected chi connectivity index (χ1v) is 23.8. The van der Waals surface area contributed by atoms with Crippen LogP contribution in [0.3, 0.4) is 0 Å². The van der Waals surface area contributed by atoms with Crippen LogP contribution in [0.25, 0.3) is 10.8 Å². The number of carboxylic acids is 2. The molecule has 0 atom stereocenters. The van der Waals surface area contributed by atoms with Gasteiger partial charge in [0, 0.05) is 5.56 Å². The van der Waals surface area contributed by atoms with Crippen molar-refractivity contribution in [2.45, 2.75) is 14.7 Å². The summed E-state index contributed by atoms with van der Waals surface area (Å²) >= 11 is 0. The smallest absolute Gasteiger partial charge is 0.335 e. The van der Waals surface area contributed by atoms with E-state index < -0.39 is 130 Å². The van der Waals surface area contributed by atoms with E-state index in [2.05, 4.69) is 45.2 Å². The number of nitrogens with zero attached hydrogens (tertiary/aromatic N) is 6. The molecule has 0 aliphatic rings. The third-order valence-corrected chi connectivity index (χ3v) is 11.9. The molecule has 6 aromatic rings. The molecule has 0 saturated heterocycles. The Kier molecular flexibility index (Phi) is 13.5. The second-order valence-corrected chi connectivity index (χ2v) is 19.2. The summed E-state index contributed by atoms with van der Waals surface area (Å²) in [7, 11) is -20.3. The number of H-pyrrole nitrogens is 3. The average molecular weight is 1000 g/mol. The molecule has 0 unspecified atom stereocenters. The second-order valence-electron chi connectivity index (χ2n) is 13.4. The maximum atomic E-state index is 12.7. The van der Waals surface area contributed by atoms with Crippen LogP contribution in [-0.2, 0) is 40.5 Å². The molecule has 1 aromatic heterocycles. The summed E-state index contributed by atoms with van der Waals surface area (Å²) < 4.78 is 137. The summed E-state index contributed by atoms with van der Waals surface area (Å²) in [5.74, 6) is -5.87. The third kappa shape index (κ3) is 12.1. The maximum absolute atomic E-state index is 12.7. The summed E-state index contributed by atoms with van der Waals surface area (Å²) in [6.07, 6.45) is 0. The monoisotopic (exact) mass is 1000 g/mol. The van der Waals surface area contributed by atoms with Crippen LogP contribution in [-0.4, -0.2) is 117 Å². The Morgan fingerprint density at radius 3 is 1.70 bits per heavy atom. The molecule has 27 nitrogen and oxygen atoms in total. The van der Waals surface area contributed by atoms with Gasteiger partial charge in [0.15, 0.2) is 5.75 Å². The molecule has 0 aliphatic carbocycles. The molecule has 0 fully saturated rings. The Morgan fingerprint density at radius 1 is 0.567 bits per heavy atom. The van der Waals surface area contributed by atoms with Crippen LogP contribution in [0, 0.1) is 0 Å². The highest BCUT2D eigenvalue weighted by Crippen LogP contribution is 2.46. The molecule has 0 spiro atoms. The highest BCUT2D eigenvalue weighted by atomic mass is 32.2. The van der Waals surface area contributed by atoms with Crippen molar-refractivity contribution < 1.29 is 81.9 Å². The molecule has 350 valence electrons. The van der Waals surface area contributed by atoms with E-state index in [1.54, 1.807) is 6.07 Å². The van der Waals surface area contributed by atoms with Crippen LogP contribution in [0.2, 0.25) is 0 Å². The van der Waals surface area contributed by atoms with Crippen molar-refractivity contribution in [2.75, 3.05) is 12.3 Å². The molecule has 0 saturated carbocycles. The minimum Gasteiger partial charge on any atom is -0.505 e. The fraction of sp³-hybridized carbons (Fsp3) is 0.0556. The van der Waals surface area contributed by atoms with Gasteiger partial charge in [-0.25, -0.2) is 24.6 Å². The number of rotatable bonds is 14. The zero-order chi connectivity index (χ0) is 49.2. The van der Waals surface area contributed by atoms with Crippen molar-refractivity contribution in [1.82, 2.24) is 15.0 Å². The number of aromatic hydroxyl groups is 1. The number of hydrogen-bond donors (Lipinski definition) is 11. The van der Waals surface area contributed by atoms with Crippen LogP contribution in [0.15, 0.2) is 130 Å². The fourth-order valence-corrected chi connectivity index (χ4v) is 7.91.